The Hall–Kier alpha value is -4.20. The number of carbonyl (C=O) groups is 1. The molecule has 3 heterocycles. The summed E-state index contributed by atoms with van der Waals surface area (Å²) in [6.45, 7) is 0.387. The number of ether oxygens (including phenoxy) is 4. The van der Waals surface area contributed by atoms with Crippen LogP contribution in [-0.4, -0.2) is 30.7 Å². The fourth-order valence-corrected chi connectivity index (χ4v) is 3.79. The number of anilines is 1. The Morgan fingerprint density at radius 3 is 2.42 bits per heavy atom. The molecule has 8 nitrogen and oxygen atoms in total. The van der Waals surface area contributed by atoms with Gasteiger partial charge in [-0.05, 0) is 48.0 Å². The molecule has 6 rings (SSSR count). The Balaban J connectivity index is 1.38. The Morgan fingerprint density at radius 1 is 0.871 bits per heavy atom. The van der Waals surface area contributed by atoms with Crippen LogP contribution in [0.3, 0.4) is 0 Å². The van der Waals surface area contributed by atoms with Gasteiger partial charge in [-0.1, -0.05) is 18.2 Å². The average molecular weight is 415 g/mol. The summed E-state index contributed by atoms with van der Waals surface area (Å²) in [5.74, 6) is 2.48. The van der Waals surface area contributed by atoms with Crippen LogP contribution in [0, 0.1) is 0 Å². The molecule has 3 aliphatic rings. The second-order valence-electron chi connectivity index (χ2n) is 7.21. The van der Waals surface area contributed by atoms with E-state index in [1.165, 1.54) is 5.01 Å². The van der Waals surface area contributed by atoms with Gasteiger partial charge in [0.15, 0.2) is 29.2 Å². The monoisotopic (exact) mass is 415 g/mol. The van der Waals surface area contributed by atoms with E-state index in [2.05, 4.69) is 10.4 Å². The Morgan fingerprint density at radius 2 is 1.58 bits per heavy atom. The fourth-order valence-electron chi connectivity index (χ4n) is 3.79. The smallest absolute Gasteiger partial charge is 0.278 e. The van der Waals surface area contributed by atoms with Crippen molar-refractivity contribution in [2.45, 2.75) is 6.17 Å². The summed E-state index contributed by atoms with van der Waals surface area (Å²) in [5.41, 5.74) is 2.93. The van der Waals surface area contributed by atoms with E-state index in [1.807, 2.05) is 54.6 Å². The maximum absolute atomic E-state index is 13.3. The molecular formula is C23H17N3O5. The molecule has 0 aromatic heterocycles. The predicted octanol–water partition coefficient (Wildman–Crippen LogP) is 3.74. The molecule has 1 unspecified atom stereocenters. The molecule has 0 aliphatic carbocycles. The highest BCUT2D eigenvalue weighted by Crippen LogP contribution is 2.39. The van der Waals surface area contributed by atoms with Crippen LogP contribution < -0.4 is 24.3 Å². The van der Waals surface area contributed by atoms with Crippen molar-refractivity contribution in [1.82, 2.24) is 5.01 Å². The van der Waals surface area contributed by atoms with Crippen LogP contribution in [0.25, 0.3) is 0 Å². The molecule has 8 heteroatoms. The first-order valence-electron chi connectivity index (χ1n) is 9.78. The van der Waals surface area contributed by atoms with E-state index >= 15 is 0 Å². The molecule has 0 radical (unpaired) electrons. The number of amides is 1. The van der Waals surface area contributed by atoms with Crippen LogP contribution in [0.4, 0.5) is 5.69 Å². The molecule has 3 aliphatic heterocycles. The quantitative estimate of drug-likeness (QED) is 0.657. The lowest BCUT2D eigenvalue weighted by Gasteiger charge is -2.34. The predicted molar refractivity (Wildman–Crippen MR) is 112 cm³/mol. The molecule has 0 saturated heterocycles. The van der Waals surface area contributed by atoms with Gasteiger partial charge in [-0.3, -0.25) is 4.79 Å². The third-order valence-electron chi connectivity index (χ3n) is 5.34. The van der Waals surface area contributed by atoms with Crippen LogP contribution in [0.1, 0.15) is 27.7 Å². The number of fused-ring (bicyclic) bond motifs is 3. The number of nitrogens with one attached hydrogen (secondary N) is 1. The van der Waals surface area contributed by atoms with Gasteiger partial charge in [-0.25, -0.2) is 5.01 Å². The van der Waals surface area contributed by atoms with Crippen LogP contribution in [0.15, 0.2) is 65.8 Å². The first-order chi connectivity index (χ1) is 15.3. The molecule has 0 fully saturated rings. The minimum Gasteiger partial charge on any atom is -0.454 e. The minimum atomic E-state index is -0.512. The molecule has 154 valence electrons. The summed E-state index contributed by atoms with van der Waals surface area (Å²) in [6.07, 6.45) is 1.12. The molecule has 31 heavy (non-hydrogen) atoms. The largest absolute Gasteiger partial charge is 0.454 e. The number of para-hydroxylation sites is 1. The van der Waals surface area contributed by atoms with Crippen molar-refractivity contribution in [3.8, 4) is 23.0 Å². The summed E-state index contributed by atoms with van der Waals surface area (Å²) in [7, 11) is 0. The van der Waals surface area contributed by atoms with E-state index in [9.17, 15) is 4.79 Å². The van der Waals surface area contributed by atoms with Crippen LogP contribution in [0.2, 0.25) is 0 Å². The van der Waals surface area contributed by atoms with Crippen molar-refractivity contribution in [2.75, 3.05) is 18.9 Å². The van der Waals surface area contributed by atoms with Crippen LogP contribution >= 0.6 is 0 Å². The maximum atomic E-state index is 13.3. The number of nitrogens with zero attached hydrogens (tertiary/aromatic N) is 2. The molecule has 3 aromatic rings. The van der Waals surface area contributed by atoms with E-state index in [0.717, 1.165) is 16.8 Å². The van der Waals surface area contributed by atoms with Crippen molar-refractivity contribution in [1.29, 1.82) is 0 Å². The second-order valence-corrected chi connectivity index (χ2v) is 7.21. The molecule has 0 saturated carbocycles. The molecule has 3 aromatic carbocycles. The lowest BCUT2D eigenvalue weighted by Crippen LogP contribution is -2.39. The van der Waals surface area contributed by atoms with E-state index in [0.29, 0.717) is 28.6 Å². The number of benzene rings is 3. The summed E-state index contributed by atoms with van der Waals surface area (Å²) in [6, 6.07) is 18.5. The van der Waals surface area contributed by atoms with Gasteiger partial charge in [0.2, 0.25) is 13.6 Å². The first-order valence-corrected chi connectivity index (χ1v) is 9.78. The van der Waals surface area contributed by atoms with Gasteiger partial charge < -0.3 is 24.3 Å². The Labute approximate surface area is 177 Å². The molecule has 0 bridgehead atoms. The highest BCUT2D eigenvalue weighted by molar-refractivity contribution is 6.02. The molecule has 1 atom stereocenters. The Bertz CT molecular complexity index is 1230. The molecule has 1 N–H and O–H groups in total. The van der Waals surface area contributed by atoms with Gasteiger partial charge in [0, 0.05) is 11.3 Å². The molecule has 0 spiro atoms. The van der Waals surface area contributed by atoms with Gasteiger partial charge >= 0.3 is 0 Å². The number of rotatable bonds is 3. The minimum absolute atomic E-state index is 0.185. The third kappa shape index (κ3) is 3.00. The van der Waals surface area contributed by atoms with Gasteiger partial charge in [0.1, 0.15) is 0 Å². The van der Waals surface area contributed by atoms with E-state index < -0.39 is 6.17 Å². The zero-order valence-electron chi connectivity index (χ0n) is 16.3. The topological polar surface area (TPSA) is 81.6 Å². The molecule has 1 amide bonds. The highest BCUT2D eigenvalue weighted by Gasteiger charge is 2.33. The maximum Gasteiger partial charge on any atom is 0.278 e. The van der Waals surface area contributed by atoms with E-state index in [1.54, 1.807) is 12.3 Å². The van der Waals surface area contributed by atoms with Gasteiger partial charge in [0.25, 0.3) is 5.91 Å². The Kier molecular flexibility index (Phi) is 3.95. The van der Waals surface area contributed by atoms with Gasteiger partial charge in [0.05, 0.1) is 11.8 Å². The van der Waals surface area contributed by atoms with Crippen LogP contribution in [0.5, 0.6) is 23.0 Å². The van der Waals surface area contributed by atoms with Crippen molar-refractivity contribution in [3.05, 3.63) is 77.4 Å². The van der Waals surface area contributed by atoms with Crippen molar-refractivity contribution < 1.29 is 23.7 Å². The van der Waals surface area contributed by atoms with Gasteiger partial charge in [-0.15, -0.1) is 0 Å². The number of hydrogen-bond donors (Lipinski definition) is 1. The first kappa shape index (κ1) is 17.6. The summed E-state index contributed by atoms with van der Waals surface area (Å²) in [5, 5.41) is 9.39. The van der Waals surface area contributed by atoms with Crippen LogP contribution in [-0.2, 0) is 0 Å². The third-order valence-corrected chi connectivity index (χ3v) is 5.34. The SMILES string of the molecule is O=C1c2ccccc2NC(c2ccc3c(c2)OCO3)N1N=Cc1ccc2c(c1)OCO2. The zero-order valence-corrected chi connectivity index (χ0v) is 16.3. The average Bonchev–Trinajstić information content (AvgIpc) is 3.46. The number of carbonyl (C=O) groups excluding carboxylic acids is 1. The van der Waals surface area contributed by atoms with Gasteiger partial charge in [-0.2, -0.15) is 5.10 Å². The van der Waals surface area contributed by atoms with E-state index in [4.69, 9.17) is 18.9 Å². The standard InChI is InChI=1S/C23H17N3O5/c27-23-16-3-1-2-4-17(16)25-22(15-6-8-19-21(10-15)31-13-29-19)26(23)24-11-14-5-7-18-20(9-14)30-12-28-18/h1-11,22,25H,12-13H2. The van der Waals surface area contributed by atoms with Crippen molar-refractivity contribution in [2.24, 2.45) is 5.10 Å². The fraction of sp³-hybridized carbons (Fsp3) is 0.130. The zero-order chi connectivity index (χ0) is 20.8. The second kappa shape index (κ2) is 6.94. The molecular weight excluding hydrogens is 398 g/mol. The van der Waals surface area contributed by atoms with Crippen molar-refractivity contribution >= 4 is 17.8 Å². The normalized spacial score (nSPS) is 18.3. The summed E-state index contributed by atoms with van der Waals surface area (Å²) < 4.78 is 21.7. The lowest BCUT2D eigenvalue weighted by molar-refractivity contribution is 0.0691. The lowest BCUT2D eigenvalue weighted by atomic mass is 10.0. The summed E-state index contributed by atoms with van der Waals surface area (Å²) in [4.78, 5) is 13.3. The number of hydrazone groups is 1. The van der Waals surface area contributed by atoms with E-state index in [-0.39, 0.29) is 19.5 Å². The highest BCUT2D eigenvalue weighted by atomic mass is 16.7. The number of hydrogen-bond acceptors (Lipinski definition) is 7. The summed E-state index contributed by atoms with van der Waals surface area (Å²) >= 11 is 0. The van der Waals surface area contributed by atoms with Crippen molar-refractivity contribution in [3.63, 3.8) is 0 Å².